The van der Waals surface area contributed by atoms with Crippen LogP contribution in [-0.2, 0) is 0 Å². The fourth-order valence-corrected chi connectivity index (χ4v) is 0.985. The molecule has 0 aliphatic carbocycles. The SMILES string of the molecule is C.CBr.COc1ccccc1.Cl.OO.Oc1ccccc1.[Br-].[Cl-].[Na+].[Na+]. The Morgan fingerprint density at radius 2 is 1.08 bits per heavy atom. The molecule has 0 aliphatic heterocycles. The van der Waals surface area contributed by atoms with Gasteiger partial charge in [-0.1, -0.05) is 59.8 Å². The molecular weight excluding hydrogens is 521 g/mol. The van der Waals surface area contributed by atoms with Crippen molar-refractivity contribution in [1.29, 1.82) is 0 Å². The van der Waals surface area contributed by atoms with E-state index in [1.54, 1.807) is 31.4 Å². The molecule has 0 spiro atoms. The molecule has 0 aromatic heterocycles. The average molecular weight is 545 g/mol. The maximum atomic E-state index is 8.63. The summed E-state index contributed by atoms with van der Waals surface area (Å²) >= 11 is 2.94. The number of methoxy groups -OCH3 is 1. The number of alkyl halides is 1. The first-order chi connectivity index (χ1) is 9.33. The molecule has 138 valence electrons. The van der Waals surface area contributed by atoms with Crippen LogP contribution in [0.4, 0.5) is 0 Å². The summed E-state index contributed by atoms with van der Waals surface area (Å²) in [6.07, 6.45) is 0. The van der Waals surface area contributed by atoms with E-state index in [2.05, 4.69) is 15.9 Å². The molecule has 2 aromatic carbocycles. The number of ether oxygens (including phenoxy) is 1. The smallest absolute Gasteiger partial charge is 1.00 e. The Morgan fingerprint density at radius 1 is 0.800 bits per heavy atom. The molecule has 0 saturated heterocycles. The van der Waals surface area contributed by atoms with Gasteiger partial charge >= 0.3 is 59.1 Å². The molecule has 0 fully saturated rings. The van der Waals surface area contributed by atoms with Crippen LogP contribution in [0.5, 0.6) is 11.5 Å². The van der Waals surface area contributed by atoms with Crippen LogP contribution in [0.1, 0.15) is 7.43 Å². The van der Waals surface area contributed by atoms with E-state index in [0.29, 0.717) is 5.75 Å². The number of phenolic OH excluding ortho intramolecular Hbond substituents is 1. The molecule has 0 aliphatic rings. The van der Waals surface area contributed by atoms with Crippen LogP contribution in [0.2, 0.25) is 0 Å². The molecule has 0 radical (unpaired) electrons. The van der Waals surface area contributed by atoms with E-state index < -0.39 is 0 Å². The van der Waals surface area contributed by atoms with Gasteiger partial charge in [0.15, 0.2) is 0 Å². The number of benzene rings is 2. The maximum Gasteiger partial charge on any atom is 1.00 e. The summed E-state index contributed by atoms with van der Waals surface area (Å²) in [7, 11) is 1.66. The van der Waals surface area contributed by atoms with E-state index in [1.165, 1.54) is 0 Å². The van der Waals surface area contributed by atoms with E-state index in [0.717, 1.165) is 5.75 Å². The minimum absolute atomic E-state index is 0. The summed E-state index contributed by atoms with van der Waals surface area (Å²) < 4.78 is 4.91. The van der Waals surface area contributed by atoms with Crippen molar-refractivity contribution < 1.29 is 109 Å². The monoisotopic (exact) mass is 542 g/mol. The summed E-state index contributed by atoms with van der Waals surface area (Å²) in [5.74, 6) is 3.04. The normalized spacial score (nSPS) is 5.64. The van der Waals surface area contributed by atoms with Crippen molar-refractivity contribution in [1.82, 2.24) is 0 Å². The molecule has 2 aromatic rings. The third-order valence-corrected chi connectivity index (χ3v) is 1.74. The summed E-state index contributed by atoms with van der Waals surface area (Å²) in [6.45, 7) is 0. The summed E-state index contributed by atoms with van der Waals surface area (Å²) in [4.78, 5) is 0. The van der Waals surface area contributed by atoms with Gasteiger partial charge in [0.25, 0.3) is 0 Å². The van der Waals surface area contributed by atoms with Crippen LogP contribution in [0.25, 0.3) is 0 Å². The first-order valence-corrected chi connectivity index (χ1v) is 6.82. The van der Waals surface area contributed by atoms with Gasteiger partial charge in [-0.15, -0.1) is 12.4 Å². The van der Waals surface area contributed by atoms with Gasteiger partial charge in [0, 0.05) is 0 Å². The Morgan fingerprint density at radius 3 is 1.24 bits per heavy atom. The number of hydrogen-bond acceptors (Lipinski definition) is 4. The van der Waals surface area contributed by atoms with Crippen LogP contribution in [0.3, 0.4) is 0 Å². The molecule has 0 bridgehead atoms. The zero-order chi connectivity index (χ0) is 14.9. The second-order valence-electron chi connectivity index (χ2n) is 2.85. The number of aromatic hydroxyl groups is 1. The van der Waals surface area contributed by atoms with Crippen LogP contribution in [0, 0.1) is 0 Å². The zero-order valence-corrected chi connectivity index (χ0v) is 22.8. The minimum Gasteiger partial charge on any atom is -1.00 e. The number of phenols is 1. The molecule has 4 nitrogen and oxygen atoms in total. The van der Waals surface area contributed by atoms with E-state index >= 15 is 0 Å². The van der Waals surface area contributed by atoms with Crippen molar-refractivity contribution in [2.45, 2.75) is 7.43 Å². The van der Waals surface area contributed by atoms with E-state index in [1.807, 2.05) is 42.2 Å². The fourth-order valence-electron chi connectivity index (χ4n) is 0.985. The average Bonchev–Trinajstić information content (AvgIpc) is 2.53. The van der Waals surface area contributed by atoms with Gasteiger partial charge in [0.2, 0.25) is 0 Å². The molecule has 3 N–H and O–H groups in total. The predicted molar refractivity (Wildman–Crippen MR) is 95.2 cm³/mol. The Labute approximate surface area is 227 Å². The predicted octanol–water partition coefficient (Wildman–Crippen LogP) is -6.81. The molecule has 0 heterocycles. The van der Waals surface area contributed by atoms with Gasteiger partial charge < -0.3 is 39.2 Å². The van der Waals surface area contributed by atoms with Gasteiger partial charge in [-0.3, -0.25) is 10.5 Å². The minimum atomic E-state index is 0. The van der Waals surface area contributed by atoms with E-state index in [-0.39, 0.29) is 108 Å². The standard InChI is InChI=1S/C7H8O.C6H6O.CH3Br.CH4.BrH.2ClH.2Na.H2O2/c1-8-7-5-3-2-4-6-7;7-6-4-2-1-3-5-6;1-2;;;;;;;1-2/h2-6H,1H3;1-5,7H;1H3;1H4;3*1H;;;1-2H/q;;;;;;;2*+1;/p-2. The van der Waals surface area contributed by atoms with Gasteiger partial charge in [-0.25, -0.2) is 0 Å². The van der Waals surface area contributed by atoms with Crippen LogP contribution in [0.15, 0.2) is 60.7 Å². The van der Waals surface area contributed by atoms with Gasteiger partial charge in [-0.2, -0.15) is 0 Å². The van der Waals surface area contributed by atoms with Crippen molar-refractivity contribution in [2.75, 3.05) is 12.9 Å². The van der Waals surface area contributed by atoms with Gasteiger partial charge in [0.1, 0.15) is 11.5 Å². The van der Waals surface area contributed by atoms with Crippen molar-refractivity contribution in [3.05, 3.63) is 60.7 Å². The van der Waals surface area contributed by atoms with Crippen LogP contribution >= 0.6 is 28.3 Å². The molecule has 0 saturated carbocycles. The third kappa shape index (κ3) is 37.0. The molecule has 10 heteroatoms. The fraction of sp³-hybridized carbons (Fsp3) is 0.200. The molecule has 0 atom stereocenters. The maximum absolute atomic E-state index is 8.63. The Kier molecular flexibility index (Phi) is 90.1. The zero-order valence-electron chi connectivity index (χ0n) is 14.1. The Balaban J connectivity index is -0.0000000268. The molecule has 0 unspecified atom stereocenters. The van der Waals surface area contributed by atoms with Crippen molar-refractivity contribution >= 4 is 28.3 Å². The molecule has 0 amide bonds. The second kappa shape index (κ2) is 44.7. The Hall–Kier alpha value is 1.50. The number of rotatable bonds is 1. The number of halogens is 4. The molecule has 2 rings (SSSR count). The topological polar surface area (TPSA) is 69.9 Å². The first kappa shape index (κ1) is 50.3. The van der Waals surface area contributed by atoms with E-state index in [9.17, 15) is 0 Å². The van der Waals surface area contributed by atoms with Crippen LogP contribution in [-0.4, -0.2) is 28.6 Å². The summed E-state index contributed by atoms with van der Waals surface area (Å²) in [6, 6.07) is 18.4. The quantitative estimate of drug-likeness (QED) is 0.145. The summed E-state index contributed by atoms with van der Waals surface area (Å²) in [5, 5.41) is 20.6. The third-order valence-electron chi connectivity index (χ3n) is 1.74. The largest absolute Gasteiger partial charge is 1.00 e. The van der Waals surface area contributed by atoms with Crippen molar-refractivity contribution in [3.8, 4) is 11.5 Å². The number of para-hydroxylation sites is 2. The molecular formula is C15H24Br2Cl2Na2O4. The first-order valence-electron chi connectivity index (χ1n) is 5.24. The second-order valence-corrected chi connectivity index (χ2v) is 2.85. The number of hydrogen-bond donors (Lipinski definition) is 3. The van der Waals surface area contributed by atoms with Gasteiger partial charge in [0.05, 0.1) is 7.11 Å². The van der Waals surface area contributed by atoms with E-state index in [4.69, 9.17) is 20.4 Å². The molecule has 25 heavy (non-hydrogen) atoms. The van der Waals surface area contributed by atoms with Gasteiger partial charge in [-0.05, 0) is 30.1 Å². The summed E-state index contributed by atoms with van der Waals surface area (Å²) in [5.41, 5.74) is 0. The Bertz CT molecular complexity index is 392. The van der Waals surface area contributed by atoms with Crippen molar-refractivity contribution in [3.63, 3.8) is 0 Å². The van der Waals surface area contributed by atoms with Crippen LogP contribution < -0.4 is 93.2 Å². The van der Waals surface area contributed by atoms with Crippen molar-refractivity contribution in [2.24, 2.45) is 0 Å².